The van der Waals surface area contributed by atoms with Gasteiger partial charge in [0.2, 0.25) is 0 Å². The lowest BCUT2D eigenvalue weighted by Gasteiger charge is -2.08. The zero-order valence-electron chi connectivity index (χ0n) is 4.02. The first-order valence-corrected chi connectivity index (χ1v) is 3.40. The number of rotatable bonds is 3. The maximum absolute atomic E-state index is 9.75. The van der Waals surface area contributed by atoms with Crippen LogP contribution in [0.15, 0.2) is 0 Å². The van der Waals surface area contributed by atoms with Crippen LogP contribution in [0.3, 0.4) is 0 Å². The molecular weight excluding hydrogens is 136 g/mol. The van der Waals surface area contributed by atoms with Crippen molar-refractivity contribution in [1.29, 1.82) is 0 Å². The Morgan fingerprint density at radius 3 is 2.12 bits per heavy atom. The molecule has 52 valence electrons. The van der Waals surface area contributed by atoms with Crippen molar-refractivity contribution in [1.82, 2.24) is 0 Å². The molecule has 6 heteroatoms. The second kappa shape index (κ2) is 3.10. The smallest absolute Gasteiger partial charge is 0.179 e. The van der Waals surface area contributed by atoms with Gasteiger partial charge in [0.1, 0.15) is 0 Å². The van der Waals surface area contributed by atoms with Gasteiger partial charge in [0.25, 0.3) is 0 Å². The van der Waals surface area contributed by atoms with Gasteiger partial charge in [0.15, 0.2) is 10.8 Å². The normalized spacial score (nSPS) is 13.9. The lowest BCUT2D eigenvalue weighted by molar-refractivity contribution is 0.171. The van der Waals surface area contributed by atoms with E-state index in [1.54, 1.807) is 0 Å². The largest absolute Gasteiger partial charge is 0.394 e. The summed E-state index contributed by atoms with van der Waals surface area (Å²) in [6.07, 6.45) is 0. The Labute approximate surface area is 47.6 Å². The van der Waals surface area contributed by atoms with E-state index in [0.29, 0.717) is 0 Å². The van der Waals surface area contributed by atoms with Crippen LogP contribution in [0.2, 0.25) is 0 Å². The first-order valence-electron chi connectivity index (χ1n) is 1.87. The quantitative estimate of drug-likeness (QED) is 0.377. The SMILES string of the molecule is O=[SH](O)(O)OCCO. The van der Waals surface area contributed by atoms with Gasteiger partial charge >= 0.3 is 0 Å². The molecule has 0 unspecified atom stereocenters. The van der Waals surface area contributed by atoms with E-state index in [4.69, 9.17) is 14.2 Å². The Morgan fingerprint density at radius 1 is 1.50 bits per heavy atom. The summed E-state index contributed by atoms with van der Waals surface area (Å²) in [7, 11) is -4.34. The molecule has 0 radical (unpaired) electrons. The Bertz CT molecular complexity index is 94.6. The van der Waals surface area contributed by atoms with Gasteiger partial charge in [0.05, 0.1) is 13.2 Å². The van der Waals surface area contributed by atoms with Crippen LogP contribution in [0, 0.1) is 0 Å². The van der Waals surface area contributed by atoms with Crippen molar-refractivity contribution in [3.8, 4) is 0 Å². The predicted molar refractivity (Wildman–Crippen MR) is 27.8 cm³/mol. The maximum Gasteiger partial charge on any atom is 0.179 e. The molecule has 0 amide bonds. The number of thiol groups is 1. The van der Waals surface area contributed by atoms with Gasteiger partial charge in [-0.15, -0.1) is 0 Å². The molecule has 0 spiro atoms. The number of aliphatic hydroxyl groups is 1. The molecule has 0 saturated heterocycles. The van der Waals surface area contributed by atoms with Gasteiger partial charge in [-0.05, 0) is 0 Å². The molecule has 0 aliphatic rings. The summed E-state index contributed by atoms with van der Waals surface area (Å²) in [5.41, 5.74) is 0. The molecule has 3 N–H and O–H groups in total. The minimum absolute atomic E-state index is 0.329. The average Bonchev–Trinajstić information content (AvgIpc) is 1.59. The first-order chi connectivity index (χ1) is 3.56. The molecule has 0 saturated carbocycles. The van der Waals surface area contributed by atoms with Crippen LogP contribution >= 0.6 is 0 Å². The van der Waals surface area contributed by atoms with E-state index in [2.05, 4.69) is 4.18 Å². The topological polar surface area (TPSA) is 87.0 Å². The van der Waals surface area contributed by atoms with E-state index in [-0.39, 0.29) is 13.2 Å². The highest BCUT2D eigenvalue weighted by molar-refractivity contribution is 7.87. The van der Waals surface area contributed by atoms with Crippen LogP contribution in [0.25, 0.3) is 0 Å². The fraction of sp³-hybridized carbons (Fsp3) is 1.00. The van der Waals surface area contributed by atoms with Crippen molar-refractivity contribution in [2.24, 2.45) is 0 Å². The molecule has 0 aromatic rings. The van der Waals surface area contributed by atoms with Gasteiger partial charge in [-0.1, -0.05) is 0 Å². The minimum Gasteiger partial charge on any atom is -0.394 e. The van der Waals surface area contributed by atoms with Crippen LogP contribution in [0.4, 0.5) is 0 Å². The number of hydrogen-bond donors (Lipinski definition) is 4. The summed E-state index contributed by atoms with van der Waals surface area (Å²) in [5, 5.41) is 7.96. The third-order valence-electron chi connectivity index (χ3n) is 0.351. The van der Waals surface area contributed by atoms with Gasteiger partial charge in [-0.3, -0.25) is 13.3 Å². The summed E-state index contributed by atoms with van der Waals surface area (Å²) < 4.78 is 29.4. The summed E-state index contributed by atoms with van der Waals surface area (Å²) >= 11 is 0. The van der Waals surface area contributed by atoms with Gasteiger partial charge in [-0.2, -0.15) is 0 Å². The monoisotopic (exact) mass is 144 g/mol. The average molecular weight is 144 g/mol. The van der Waals surface area contributed by atoms with Crippen molar-refractivity contribution in [3.63, 3.8) is 0 Å². The van der Waals surface area contributed by atoms with E-state index in [1.807, 2.05) is 0 Å². The van der Waals surface area contributed by atoms with E-state index in [1.165, 1.54) is 0 Å². The third kappa shape index (κ3) is 5.99. The van der Waals surface area contributed by atoms with E-state index < -0.39 is 10.8 Å². The Kier molecular flexibility index (Phi) is 3.10. The Morgan fingerprint density at radius 2 is 2.00 bits per heavy atom. The summed E-state index contributed by atoms with van der Waals surface area (Å²) in [6, 6.07) is 0. The second-order valence-corrected chi connectivity index (χ2v) is 2.29. The summed E-state index contributed by atoms with van der Waals surface area (Å²) in [6.45, 7) is -0.713. The molecular formula is C2H8O5S. The molecule has 0 aliphatic heterocycles. The highest BCUT2D eigenvalue weighted by atomic mass is 32.3. The fourth-order valence-electron chi connectivity index (χ4n) is 0.160. The van der Waals surface area contributed by atoms with Crippen molar-refractivity contribution < 1.29 is 22.6 Å². The molecule has 0 fully saturated rings. The standard InChI is InChI=1S/C2H8O5S/c3-1-2-7-8(4,5)6/h3,8H,1-2H2,(H2,4,5,6). The molecule has 0 atom stereocenters. The first kappa shape index (κ1) is 7.99. The predicted octanol–water partition coefficient (Wildman–Crippen LogP) is -1.13. The fourth-order valence-corrected chi connectivity index (χ4v) is 0.479. The van der Waals surface area contributed by atoms with E-state index in [0.717, 1.165) is 0 Å². The highest BCUT2D eigenvalue weighted by Crippen LogP contribution is 1.90. The van der Waals surface area contributed by atoms with Crippen LogP contribution in [0.5, 0.6) is 0 Å². The van der Waals surface area contributed by atoms with Gasteiger partial charge in [-0.25, -0.2) is 4.21 Å². The molecule has 8 heavy (non-hydrogen) atoms. The van der Waals surface area contributed by atoms with Crippen LogP contribution in [-0.4, -0.2) is 31.6 Å². The third-order valence-corrected chi connectivity index (χ3v) is 0.870. The van der Waals surface area contributed by atoms with E-state index >= 15 is 0 Å². The second-order valence-electron chi connectivity index (χ2n) is 1.05. The van der Waals surface area contributed by atoms with E-state index in [9.17, 15) is 4.21 Å². The maximum atomic E-state index is 9.75. The van der Waals surface area contributed by atoms with Gasteiger partial charge < -0.3 is 5.11 Å². The van der Waals surface area contributed by atoms with Crippen LogP contribution in [-0.2, 0) is 15.0 Å². The number of hydrogen-bond acceptors (Lipinski definition) is 3. The minimum atomic E-state index is -4.34. The molecule has 0 aliphatic carbocycles. The molecule has 0 rings (SSSR count). The van der Waals surface area contributed by atoms with Crippen molar-refractivity contribution in [2.75, 3.05) is 13.2 Å². The summed E-state index contributed by atoms with van der Waals surface area (Å²) in [5.74, 6) is 0. The Balaban J connectivity index is 3.26. The van der Waals surface area contributed by atoms with Crippen molar-refractivity contribution >= 4 is 10.8 Å². The molecule has 0 aromatic carbocycles. The highest BCUT2D eigenvalue weighted by Gasteiger charge is 1.99. The lowest BCUT2D eigenvalue weighted by atomic mass is 10.8. The molecule has 0 aromatic heterocycles. The van der Waals surface area contributed by atoms with Crippen molar-refractivity contribution in [2.45, 2.75) is 0 Å². The lowest BCUT2D eigenvalue weighted by Crippen LogP contribution is -2.14. The zero-order valence-corrected chi connectivity index (χ0v) is 4.91. The molecule has 0 bridgehead atoms. The Hall–Kier alpha value is -0.0100. The van der Waals surface area contributed by atoms with Gasteiger partial charge in [0, 0.05) is 0 Å². The van der Waals surface area contributed by atoms with Crippen LogP contribution in [0.1, 0.15) is 0 Å². The number of aliphatic hydroxyl groups excluding tert-OH is 1. The molecule has 5 nitrogen and oxygen atoms in total. The zero-order chi connectivity index (χ0) is 6.62. The molecule has 0 heterocycles. The summed E-state index contributed by atoms with van der Waals surface area (Å²) in [4.78, 5) is 0. The van der Waals surface area contributed by atoms with Crippen molar-refractivity contribution in [3.05, 3.63) is 0 Å². The van der Waals surface area contributed by atoms with Crippen LogP contribution < -0.4 is 0 Å².